The van der Waals surface area contributed by atoms with Gasteiger partial charge in [0.15, 0.2) is 0 Å². The summed E-state index contributed by atoms with van der Waals surface area (Å²) < 4.78 is 6.64. The van der Waals surface area contributed by atoms with E-state index in [1.165, 1.54) is 61.2 Å². The van der Waals surface area contributed by atoms with Crippen LogP contribution in [0.2, 0.25) is 0 Å². The molecular weight excluding hydrogens is 552 g/mol. The van der Waals surface area contributed by atoms with E-state index in [4.69, 9.17) is 4.74 Å². The first-order valence-corrected chi connectivity index (χ1v) is 14.4. The van der Waals surface area contributed by atoms with Crippen molar-refractivity contribution in [2.75, 3.05) is 7.11 Å². The van der Waals surface area contributed by atoms with Gasteiger partial charge >= 0.3 is 0 Å². The second-order valence-corrected chi connectivity index (χ2v) is 11.5. The van der Waals surface area contributed by atoms with Crippen LogP contribution in [0, 0.1) is 0 Å². The van der Waals surface area contributed by atoms with Gasteiger partial charge in [-0.15, -0.1) is 0 Å². The molecule has 0 aliphatic heterocycles. The molecule has 0 saturated heterocycles. The van der Waals surface area contributed by atoms with Crippen molar-refractivity contribution in [1.82, 2.24) is 0 Å². The van der Waals surface area contributed by atoms with Crippen LogP contribution in [0.15, 0.2) is 138 Å². The first-order valence-electron chi connectivity index (χ1n) is 13.6. The van der Waals surface area contributed by atoms with Crippen LogP contribution in [0.1, 0.15) is 22.3 Å². The summed E-state index contributed by atoms with van der Waals surface area (Å²) in [5, 5.41) is 0. The fraction of sp³-hybridized carbons (Fsp3) is 0.0526. The number of rotatable bonds is 3. The fourth-order valence-corrected chi connectivity index (χ4v) is 7.42. The van der Waals surface area contributed by atoms with E-state index in [2.05, 4.69) is 143 Å². The van der Waals surface area contributed by atoms with E-state index in [9.17, 15) is 0 Å². The Balaban J connectivity index is 1.41. The lowest BCUT2D eigenvalue weighted by Gasteiger charge is -2.30. The van der Waals surface area contributed by atoms with E-state index in [-0.39, 0.29) is 5.41 Å². The lowest BCUT2D eigenvalue weighted by atomic mass is 9.70. The molecule has 2 aliphatic rings. The quantitative estimate of drug-likeness (QED) is 0.203. The van der Waals surface area contributed by atoms with Crippen LogP contribution in [0.25, 0.3) is 44.5 Å². The molecule has 0 unspecified atom stereocenters. The summed E-state index contributed by atoms with van der Waals surface area (Å²) in [6.07, 6.45) is 0. The second kappa shape index (κ2) is 8.81. The Morgan fingerprint density at radius 3 is 1.70 bits per heavy atom. The molecular formula is C38H25BrO. The molecule has 0 saturated carbocycles. The molecule has 0 radical (unpaired) electrons. The molecule has 0 amide bonds. The number of methoxy groups -OCH3 is 1. The van der Waals surface area contributed by atoms with Gasteiger partial charge in [-0.3, -0.25) is 0 Å². The zero-order valence-corrected chi connectivity index (χ0v) is 23.6. The highest BCUT2D eigenvalue weighted by Crippen LogP contribution is 2.63. The average Bonchev–Trinajstić information content (AvgIpc) is 3.47. The molecule has 0 atom stereocenters. The summed E-state index contributed by atoms with van der Waals surface area (Å²) in [4.78, 5) is 0. The smallest absolute Gasteiger partial charge is 0.119 e. The van der Waals surface area contributed by atoms with Gasteiger partial charge in [0.1, 0.15) is 5.75 Å². The van der Waals surface area contributed by atoms with Crippen LogP contribution >= 0.6 is 15.9 Å². The zero-order valence-electron chi connectivity index (χ0n) is 22.0. The van der Waals surface area contributed by atoms with E-state index in [1.54, 1.807) is 7.11 Å². The SMILES string of the molecule is COc1cccc(-c2ccccc2-c2ccc3c(c2)-c2ccc(Br)cc2C32c3ccccc3-c3ccccc32)c1. The Bertz CT molecular complexity index is 1920. The minimum absolute atomic E-state index is 0.341. The van der Waals surface area contributed by atoms with Crippen molar-refractivity contribution in [1.29, 1.82) is 0 Å². The molecule has 0 N–H and O–H groups in total. The third kappa shape index (κ3) is 3.14. The third-order valence-electron chi connectivity index (χ3n) is 8.67. The van der Waals surface area contributed by atoms with Gasteiger partial charge in [-0.2, -0.15) is 0 Å². The molecule has 190 valence electrons. The number of fused-ring (bicyclic) bond motifs is 10. The molecule has 1 spiro atoms. The Labute approximate surface area is 242 Å². The molecule has 8 rings (SSSR count). The Kier molecular flexibility index (Phi) is 5.17. The number of halogens is 1. The highest BCUT2D eigenvalue weighted by atomic mass is 79.9. The largest absolute Gasteiger partial charge is 0.497 e. The summed E-state index contributed by atoms with van der Waals surface area (Å²) in [7, 11) is 1.72. The van der Waals surface area contributed by atoms with Gasteiger partial charge in [-0.05, 0) is 97.1 Å². The Morgan fingerprint density at radius 1 is 0.450 bits per heavy atom. The molecule has 6 aromatic rings. The van der Waals surface area contributed by atoms with Crippen LogP contribution in [0.3, 0.4) is 0 Å². The summed E-state index contributed by atoms with van der Waals surface area (Å²) in [5.74, 6) is 0.862. The van der Waals surface area contributed by atoms with Gasteiger partial charge in [-0.1, -0.05) is 119 Å². The maximum atomic E-state index is 5.54. The normalized spacial score (nSPS) is 13.4. The monoisotopic (exact) mass is 576 g/mol. The maximum Gasteiger partial charge on any atom is 0.119 e. The molecule has 6 aromatic carbocycles. The van der Waals surface area contributed by atoms with Crippen molar-refractivity contribution in [3.63, 3.8) is 0 Å². The maximum absolute atomic E-state index is 5.54. The Morgan fingerprint density at radius 2 is 1.02 bits per heavy atom. The van der Waals surface area contributed by atoms with Crippen molar-refractivity contribution >= 4 is 15.9 Å². The van der Waals surface area contributed by atoms with Crippen molar-refractivity contribution in [3.05, 3.63) is 160 Å². The molecule has 2 heteroatoms. The first kappa shape index (κ1) is 23.5. The van der Waals surface area contributed by atoms with E-state index >= 15 is 0 Å². The van der Waals surface area contributed by atoms with E-state index in [1.807, 2.05) is 6.07 Å². The number of hydrogen-bond acceptors (Lipinski definition) is 1. The van der Waals surface area contributed by atoms with Crippen LogP contribution in [0.4, 0.5) is 0 Å². The lowest BCUT2D eigenvalue weighted by Crippen LogP contribution is -2.25. The predicted octanol–water partition coefficient (Wildman–Crippen LogP) is 10.1. The van der Waals surface area contributed by atoms with Crippen LogP contribution in [-0.2, 0) is 5.41 Å². The topological polar surface area (TPSA) is 9.23 Å². The van der Waals surface area contributed by atoms with Crippen molar-refractivity contribution in [3.8, 4) is 50.3 Å². The van der Waals surface area contributed by atoms with E-state index in [0.29, 0.717) is 0 Å². The summed E-state index contributed by atoms with van der Waals surface area (Å²) in [6, 6.07) is 48.7. The average molecular weight is 578 g/mol. The van der Waals surface area contributed by atoms with Crippen LogP contribution < -0.4 is 4.74 Å². The van der Waals surface area contributed by atoms with Crippen molar-refractivity contribution in [2.24, 2.45) is 0 Å². The molecule has 40 heavy (non-hydrogen) atoms. The highest BCUT2D eigenvalue weighted by molar-refractivity contribution is 9.10. The lowest BCUT2D eigenvalue weighted by molar-refractivity contribution is 0.415. The summed E-state index contributed by atoms with van der Waals surface area (Å²) in [6.45, 7) is 0. The molecule has 2 aliphatic carbocycles. The summed E-state index contributed by atoms with van der Waals surface area (Å²) in [5.41, 5.74) is 15.1. The standard InChI is InChI=1S/C38H25BrO/c1-40-27-10-8-9-24(21-27)28-11-2-3-12-29(28)25-17-20-36-33(22-25)32-19-18-26(39)23-37(32)38(36)34-15-6-4-13-30(34)31-14-5-7-16-35(31)38/h2-23H,1H3. The van der Waals surface area contributed by atoms with Gasteiger partial charge in [0, 0.05) is 4.47 Å². The minimum atomic E-state index is -0.341. The number of hydrogen-bond donors (Lipinski definition) is 0. The van der Waals surface area contributed by atoms with Gasteiger partial charge in [0.2, 0.25) is 0 Å². The second-order valence-electron chi connectivity index (χ2n) is 10.6. The number of ether oxygens (including phenoxy) is 1. The van der Waals surface area contributed by atoms with E-state index < -0.39 is 0 Å². The van der Waals surface area contributed by atoms with Gasteiger partial charge < -0.3 is 4.74 Å². The predicted molar refractivity (Wildman–Crippen MR) is 168 cm³/mol. The zero-order chi connectivity index (χ0) is 26.8. The highest BCUT2D eigenvalue weighted by Gasteiger charge is 2.51. The van der Waals surface area contributed by atoms with Crippen LogP contribution in [-0.4, -0.2) is 7.11 Å². The molecule has 1 nitrogen and oxygen atoms in total. The minimum Gasteiger partial charge on any atom is -0.497 e. The van der Waals surface area contributed by atoms with Crippen molar-refractivity contribution in [2.45, 2.75) is 5.41 Å². The first-order chi connectivity index (χ1) is 19.7. The molecule has 0 aromatic heterocycles. The number of benzene rings is 6. The van der Waals surface area contributed by atoms with Gasteiger partial charge in [0.25, 0.3) is 0 Å². The van der Waals surface area contributed by atoms with E-state index in [0.717, 1.165) is 15.8 Å². The molecule has 0 heterocycles. The summed E-state index contributed by atoms with van der Waals surface area (Å²) >= 11 is 3.81. The molecule has 0 fully saturated rings. The van der Waals surface area contributed by atoms with Gasteiger partial charge in [0.05, 0.1) is 12.5 Å². The fourth-order valence-electron chi connectivity index (χ4n) is 7.06. The van der Waals surface area contributed by atoms with Gasteiger partial charge in [-0.25, -0.2) is 0 Å². The Hall–Kier alpha value is -4.40. The third-order valence-corrected chi connectivity index (χ3v) is 9.16. The van der Waals surface area contributed by atoms with Crippen LogP contribution in [0.5, 0.6) is 5.75 Å². The molecule has 0 bridgehead atoms. The van der Waals surface area contributed by atoms with Crippen molar-refractivity contribution < 1.29 is 4.74 Å².